The molecule has 1 rings (SSSR count). The highest BCUT2D eigenvalue weighted by atomic mass is 16.3. The molecule has 1 aliphatic heterocycles. The highest BCUT2D eigenvalue weighted by Gasteiger charge is 1.94. The number of aliphatic hydroxyl groups excluding tert-OH is 1. The second kappa shape index (κ2) is 2.62. The molecule has 0 aliphatic carbocycles. The van der Waals surface area contributed by atoms with Crippen molar-refractivity contribution in [2.45, 2.75) is 6.42 Å². The monoisotopic (exact) mass is 111 g/mol. The van der Waals surface area contributed by atoms with E-state index in [2.05, 4.69) is 4.99 Å². The van der Waals surface area contributed by atoms with E-state index in [4.69, 9.17) is 5.11 Å². The maximum Gasteiger partial charge on any atom is 0.0646 e. The summed E-state index contributed by atoms with van der Waals surface area (Å²) < 4.78 is 0. The second-order valence-electron chi connectivity index (χ2n) is 1.77. The lowest BCUT2D eigenvalue weighted by Gasteiger charge is -2.01. The Bertz CT molecular complexity index is 126. The summed E-state index contributed by atoms with van der Waals surface area (Å²) in [7, 11) is 0. The quantitative estimate of drug-likeness (QED) is 0.487. The van der Waals surface area contributed by atoms with Gasteiger partial charge in [0, 0.05) is 12.6 Å². The zero-order valence-electron chi connectivity index (χ0n) is 4.67. The molecule has 2 heteroatoms. The topological polar surface area (TPSA) is 32.6 Å². The van der Waals surface area contributed by atoms with E-state index in [1.54, 1.807) is 0 Å². The zero-order valence-corrected chi connectivity index (χ0v) is 4.67. The molecule has 0 amide bonds. The largest absolute Gasteiger partial charge is 0.392 e. The Morgan fingerprint density at radius 3 is 3.00 bits per heavy atom. The van der Waals surface area contributed by atoms with Crippen molar-refractivity contribution in [1.82, 2.24) is 0 Å². The Hall–Kier alpha value is -0.630. The van der Waals surface area contributed by atoms with Gasteiger partial charge in [-0.05, 0) is 5.57 Å². The summed E-state index contributed by atoms with van der Waals surface area (Å²) in [5.74, 6) is 0. The second-order valence-corrected chi connectivity index (χ2v) is 1.77. The van der Waals surface area contributed by atoms with Gasteiger partial charge in [-0.3, -0.25) is 4.99 Å². The molecule has 0 aromatic carbocycles. The Balaban J connectivity index is 2.43. The molecule has 0 spiro atoms. The van der Waals surface area contributed by atoms with Crippen LogP contribution in [0.3, 0.4) is 0 Å². The molecule has 0 atom stereocenters. The van der Waals surface area contributed by atoms with Crippen molar-refractivity contribution >= 4 is 6.21 Å². The van der Waals surface area contributed by atoms with Gasteiger partial charge in [0.2, 0.25) is 0 Å². The molecule has 0 saturated heterocycles. The van der Waals surface area contributed by atoms with Gasteiger partial charge >= 0.3 is 0 Å². The predicted molar refractivity (Wildman–Crippen MR) is 33.1 cm³/mol. The molecular weight excluding hydrogens is 102 g/mol. The minimum atomic E-state index is 0.187. The molecule has 0 bridgehead atoms. The Morgan fingerprint density at radius 2 is 2.62 bits per heavy atom. The van der Waals surface area contributed by atoms with E-state index in [1.807, 2.05) is 12.3 Å². The van der Waals surface area contributed by atoms with Gasteiger partial charge in [-0.2, -0.15) is 0 Å². The summed E-state index contributed by atoms with van der Waals surface area (Å²) in [6, 6.07) is 0. The van der Waals surface area contributed by atoms with Crippen molar-refractivity contribution in [2.24, 2.45) is 4.99 Å². The Kier molecular flexibility index (Phi) is 1.80. The minimum Gasteiger partial charge on any atom is -0.392 e. The number of nitrogens with zero attached hydrogens (tertiary/aromatic N) is 1. The number of hydrogen-bond donors (Lipinski definition) is 1. The molecule has 0 aromatic rings. The van der Waals surface area contributed by atoms with Crippen LogP contribution in [0.2, 0.25) is 0 Å². The van der Waals surface area contributed by atoms with Gasteiger partial charge in [-0.1, -0.05) is 6.08 Å². The molecule has 8 heavy (non-hydrogen) atoms. The maximum atomic E-state index is 8.56. The summed E-state index contributed by atoms with van der Waals surface area (Å²) in [6.45, 7) is 0.932. The molecule has 44 valence electrons. The van der Waals surface area contributed by atoms with Gasteiger partial charge in [0.25, 0.3) is 0 Å². The highest BCUT2D eigenvalue weighted by molar-refractivity contribution is 5.62. The molecule has 1 heterocycles. The Labute approximate surface area is 48.6 Å². The van der Waals surface area contributed by atoms with Crippen molar-refractivity contribution in [1.29, 1.82) is 0 Å². The van der Waals surface area contributed by atoms with Crippen LogP contribution >= 0.6 is 0 Å². The van der Waals surface area contributed by atoms with E-state index >= 15 is 0 Å². The molecule has 0 fully saturated rings. The van der Waals surface area contributed by atoms with Gasteiger partial charge in [0.15, 0.2) is 0 Å². The molecule has 1 aliphatic rings. The SMILES string of the molecule is OCC1=CCN=CC1. The fourth-order valence-electron chi connectivity index (χ4n) is 0.651. The van der Waals surface area contributed by atoms with E-state index in [0.717, 1.165) is 18.5 Å². The number of rotatable bonds is 1. The fraction of sp³-hybridized carbons (Fsp3) is 0.500. The Morgan fingerprint density at radius 1 is 1.75 bits per heavy atom. The van der Waals surface area contributed by atoms with Gasteiger partial charge < -0.3 is 5.11 Å². The van der Waals surface area contributed by atoms with Crippen molar-refractivity contribution < 1.29 is 5.11 Å². The first-order valence-corrected chi connectivity index (χ1v) is 2.70. The molecule has 0 aromatic heterocycles. The third-order valence-electron chi connectivity index (χ3n) is 1.17. The first-order valence-electron chi connectivity index (χ1n) is 2.70. The predicted octanol–water partition coefficient (Wildman–Crippen LogP) is 0.380. The van der Waals surface area contributed by atoms with Gasteiger partial charge in [0.1, 0.15) is 0 Å². The van der Waals surface area contributed by atoms with Crippen LogP contribution in [0.4, 0.5) is 0 Å². The molecular formula is C6H9NO. The lowest BCUT2D eigenvalue weighted by atomic mass is 10.2. The van der Waals surface area contributed by atoms with Crippen LogP contribution in [0.5, 0.6) is 0 Å². The van der Waals surface area contributed by atoms with Gasteiger partial charge in [-0.15, -0.1) is 0 Å². The maximum absolute atomic E-state index is 8.56. The molecule has 0 saturated carbocycles. The summed E-state index contributed by atoms with van der Waals surface area (Å²) >= 11 is 0. The van der Waals surface area contributed by atoms with Crippen LogP contribution in [0.25, 0.3) is 0 Å². The van der Waals surface area contributed by atoms with Crippen molar-refractivity contribution in [3.8, 4) is 0 Å². The van der Waals surface area contributed by atoms with Crippen LogP contribution in [0, 0.1) is 0 Å². The summed E-state index contributed by atoms with van der Waals surface area (Å²) in [4.78, 5) is 3.96. The molecule has 0 unspecified atom stereocenters. The fourth-order valence-corrected chi connectivity index (χ4v) is 0.651. The summed E-state index contributed by atoms with van der Waals surface area (Å²) in [5, 5.41) is 8.56. The average Bonchev–Trinajstić information content (AvgIpc) is 1.90. The molecule has 2 nitrogen and oxygen atoms in total. The van der Waals surface area contributed by atoms with Crippen LogP contribution in [-0.4, -0.2) is 24.5 Å². The lowest BCUT2D eigenvalue weighted by Crippen LogP contribution is -1.97. The third kappa shape index (κ3) is 1.17. The number of aliphatic hydroxyl groups is 1. The average molecular weight is 111 g/mol. The van der Waals surface area contributed by atoms with Crippen molar-refractivity contribution in [3.05, 3.63) is 11.6 Å². The first kappa shape index (κ1) is 5.51. The first-order chi connectivity index (χ1) is 3.93. The number of aliphatic imine (C=N–C) groups is 1. The van der Waals surface area contributed by atoms with E-state index in [0.29, 0.717) is 0 Å². The minimum absolute atomic E-state index is 0.187. The molecule has 1 N–H and O–H groups in total. The molecule has 0 radical (unpaired) electrons. The number of dihydropyridines is 1. The standard InChI is InChI=1S/C6H9NO/c8-5-6-1-3-7-4-2-6/h1,4,8H,2-3,5H2. The van der Waals surface area contributed by atoms with Crippen LogP contribution < -0.4 is 0 Å². The summed E-state index contributed by atoms with van der Waals surface area (Å²) in [5.41, 5.74) is 1.08. The smallest absolute Gasteiger partial charge is 0.0646 e. The van der Waals surface area contributed by atoms with E-state index in [9.17, 15) is 0 Å². The lowest BCUT2D eigenvalue weighted by molar-refractivity contribution is 0.329. The van der Waals surface area contributed by atoms with Crippen LogP contribution in [0.15, 0.2) is 16.6 Å². The summed E-state index contributed by atoms with van der Waals surface area (Å²) in [6.07, 6.45) is 4.63. The number of hydrogen-bond acceptors (Lipinski definition) is 2. The van der Waals surface area contributed by atoms with E-state index in [1.165, 1.54) is 0 Å². The normalized spacial score (nSPS) is 18.4. The van der Waals surface area contributed by atoms with Crippen molar-refractivity contribution in [3.63, 3.8) is 0 Å². The zero-order chi connectivity index (χ0) is 5.82. The van der Waals surface area contributed by atoms with E-state index < -0.39 is 0 Å². The van der Waals surface area contributed by atoms with Gasteiger partial charge in [-0.25, -0.2) is 0 Å². The van der Waals surface area contributed by atoms with E-state index in [-0.39, 0.29) is 6.61 Å². The van der Waals surface area contributed by atoms with Crippen LogP contribution in [-0.2, 0) is 0 Å². The van der Waals surface area contributed by atoms with Gasteiger partial charge in [0.05, 0.1) is 13.2 Å². The van der Waals surface area contributed by atoms with Crippen molar-refractivity contribution in [2.75, 3.05) is 13.2 Å². The highest BCUT2D eigenvalue weighted by Crippen LogP contribution is 2.01. The third-order valence-corrected chi connectivity index (χ3v) is 1.17. The van der Waals surface area contributed by atoms with Crippen LogP contribution in [0.1, 0.15) is 6.42 Å².